The van der Waals surface area contributed by atoms with Crippen LogP contribution in [-0.4, -0.2) is 23.8 Å². The van der Waals surface area contributed by atoms with Gasteiger partial charge in [-0.25, -0.2) is 0 Å². The van der Waals surface area contributed by atoms with Gasteiger partial charge in [-0.15, -0.1) is 0 Å². The van der Waals surface area contributed by atoms with E-state index >= 15 is 0 Å². The maximum atomic E-state index is 11.8. The maximum absolute atomic E-state index is 11.8. The van der Waals surface area contributed by atoms with Gasteiger partial charge in [0.1, 0.15) is 5.75 Å². The molecule has 0 fully saturated rings. The Kier molecular flexibility index (Phi) is 6.53. The summed E-state index contributed by atoms with van der Waals surface area (Å²) in [6, 6.07) is 13.9. The Morgan fingerprint density at radius 2 is 2.04 bits per heavy atom. The number of anilines is 1. The van der Waals surface area contributed by atoms with Crippen LogP contribution in [0.2, 0.25) is 5.02 Å². The van der Waals surface area contributed by atoms with Gasteiger partial charge in [0, 0.05) is 10.7 Å². The second-order valence-corrected chi connectivity index (χ2v) is 5.53. The Labute approximate surface area is 149 Å². The van der Waals surface area contributed by atoms with E-state index in [2.05, 4.69) is 28.1 Å². The average molecular weight is 363 g/mol. The second kappa shape index (κ2) is 8.85. The van der Waals surface area contributed by atoms with Crippen molar-refractivity contribution in [1.29, 1.82) is 0 Å². The number of carbonyl (C=O) groups excluding carboxylic acids is 1. The number of benzene rings is 2. The first kappa shape index (κ1) is 17.7. The monoisotopic (exact) mass is 362 g/mol. The smallest absolute Gasteiger partial charge is 0.262 e. The van der Waals surface area contributed by atoms with E-state index in [1.165, 1.54) is 0 Å². The molecule has 0 radical (unpaired) electrons. The van der Waals surface area contributed by atoms with Gasteiger partial charge >= 0.3 is 0 Å². The van der Waals surface area contributed by atoms with Crippen LogP contribution < -0.4 is 21.2 Å². The average Bonchev–Trinajstić information content (AvgIpc) is 2.54. The molecule has 8 heteroatoms. The van der Waals surface area contributed by atoms with Crippen molar-refractivity contribution in [3.8, 4) is 5.75 Å². The Morgan fingerprint density at radius 3 is 2.71 bits per heavy atom. The fraction of sp³-hybridized carbons (Fsp3) is 0.0625. The molecular weight excluding hydrogens is 348 g/mol. The molecule has 2 rings (SSSR count). The Bertz CT molecular complexity index is 750. The lowest BCUT2D eigenvalue weighted by Crippen LogP contribution is -2.23. The van der Waals surface area contributed by atoms with Crippen molar-refractivity contribution >= 4 is 46.7 Å². The van der Waals surface area contributed by atoms with Gasteiger partial charge in [-0.3, -0.25) is 10.2 Å². The molecule has 0 atom stereocenters. The number of hydrogen-bond acceptors (Lipinski definition) is 4. The highest BCUT2D eigenvalue weighted by molar-refractivity contribution is 7.80. The summed E-state index contributed by atoms with van der Waals surface area (Å²) < 4.78 is 5.42. The van der Waals surface area contributed by atoms with Crippen LogP contribution in [0.25, 0.3) is 0 Å². The summed E-state index contributed by atoms with van der Waals surface area (Å²) in [5, 5.41) is 7.19. The van der Waals surface area contributed by atoms with E-state index in [0.717, 1.165) is 5.56 Å². The Balaban J connectivity index is 1.82. The molecular formula is C16H15ClN4O2S. The van der Waals surface area contributed by atoms with Crippen molar-refractivity contribution in [2.24, 2.45) is 10.8 Å². The normalized spacial score (nSPS) is 10.4. The zero-order valence-electron chi connectivity index (χ0n) is 12.5. The standard InChI is InChI=1S/C16H15ClN4O2S/c17-12-2-1-3-13(8-12)20-15(22)10-23-14-6-4-11(5-7-14)9-19-21-16(18)24/h1-9H,10H2,(H,20,22)(H3,18,21,24)/b19-9-. The lowest BCUT2D eigenvalue weighted by atomic mass is 10.2. The molecule has 0 aliphatic carbocycles. The molecule has 2 aromatic carbocycles. The highest BCUT2D eigenvalue weighted by Crippen LogP contribution is 2.15. The molecule has 1 amide bonds. The topological polar surface area (TPSA) is 88.7 Å². The van der Waals surface area contributed by atoms with Crippen molar-refractivity contribution < 1.29 is 9.53 Å². The van der Waals surface area contributed by atoms with Crippen molar-refractivity contribution in [3.05, 3.63) is 59.1 Å². The number of rotatable bonds is 6. The first-order valence-corrected chi connectivity index (χ1v) is 7.68. The minimum atomic E-state index is -0.274. The first-order chi connectivity index (χ1) is 11.5. The zero-order valence-corrected chi connectivity index (χ0v) is 14.1. The summed E-state index contributed by atoms with van der Waals surface area (Å²) in [4.78, 5) is 11.8. The van der Waals surface area contributed by atoms with Gasteiger partial charge in [-0.2, -0.15) is 5.10 Å². The summed E-state index contributed by atoms with van der Waals surface area (Å²) >= 11 is 10.5. The molecule has 6 nitrogen and oxygen atoms in total. The molecule has 0 spiro atoms. The van der Waals surface area contributed by atoms with Gasteiger partial charge in [0.25, 0.3) is 5.91 Å². The van der Waals surface area contributed by atoms with Gasteiger partial charge in [-0.05, 0) is 60.2 Å². The molecule has 0 saturated carbocycles. The number of halogens is 1. The summed E-state index contributed by atoms with van der Waals surface area (Å²) in [6.45, 7) is -0.108. The predicted octanol–water partition coefficient (Wildman–Crippen LogP) is 2.52. The molecule has 0 aromatic heterocycles. The summed E-state index contributed by atoms with van der Waals surface area (Å²) in [6.07, 6.45) is 1.56. The fourth-order valence-corrected chi connectivity index (χ4v) is 1.98. The van der Waals surface area contributed by atoms with E-state index in [4.69, 9.17) is 22.1 Å². The molecule has 24 heavy (non-hydrogen) atoms. The van der Waals surface area contributed by atoms with Crippen LogP contribution in [0.5, 0.6) is 5.75 Å². The van der Waals surface area contributed by atoms with E-state index in [-0.39, 0.29) is 17.6 Å². The van der Waals surface area contributed by atoms with Gasteiger partial charge in [0.05, 0.1) is 6.21 Å². The second-order valence-electron chi connectivity index (χ2n) is 4.65. The molecule has 4 N–H and O–H groups in total. The van der Waals surface area contributed by atoms with Gasteiger partial charge in [0.15, 0.2) is 11.7 Å². The Morgan fingerprint density at radius 1 is 1.29 bits per heavy atom. The fourth-order valence-electron chi connectivity index (χ4n) is 1.73. The number of thiocarbonyl (C=S) groups is 1. The molecule has 0 unspecified atom stereocenters. The van der Waals surface area contributed by atoms with Crippen molar-refractivity contribution in [2.75, 3.05) is 11.9 Å². The van der Waals surface area contributed by atoms with E-state index in [1.807, 2.05) is 0 Å². The van der Waals surface area contributed by atoms with E-state index in [9.17, 15) is 4.79 Å². The SMILES string of the molecule is NC(=S)N/N=C\c1ccc(OCC(=O)Nc2cccc(Cl)c2)cc1. The van der Waals surface area contributed by atoms with Crippen LogP contribution >= 0.6 is 23.8 Å². The number of amides is 1. The van der Waals surface area contributed by atoms with Crippen LogP contribution in [-0.2, 0) is 4.79 Å². The molecule has 124 valence electrons. The number of ether oxygens (including phenoxy) is 1. The molecule has 0 bridgehead atoms. The van der Waals surface area contributed by atoms with Crippen molar-refractivity contribution in [1.82, 2.24) is 5.43 Å². The van der Waals surface area contributed by atoms with E-state index in [0.29, 0.717) is 16.5 Å². The highest BCUT2D eigenvalue weighted by Gasteiger charge is 2.04. The summed E-state index contributed by atoms with van der Waals surface area (Å²) in [5.74, 6) is 0.291. The third-order valence-corrected chi connectivity index (χ3v) is 3.07. The molecule has 0 aliphatic rings. The largest absolute Gasteiger partial charge is 0.484 e. The third-order valence-electron chi connectivity index (χ3n) is 2.75. The van der Waals surface area contributed by atoms with Gasteiger partial charge < -0.3 is 15.8 Å². The minimum Gasteiger partial charge on any atom is -0.484 e. The number of nitrogens with two attached hydrogens (primary N) is 1. The van der Waals surface area contributed by atoms with Crippen LogP contribution in [0.3, 0.4) is 0 Å². The van der Waals surface area contributed by atoms with Crippen molar-refractivity contribution in [2.45, 2.75) is 0 Å². The number of nitrogens with one attached hydrogen (secondary N) is 2. The number of nitrogens with zero attached hydrogens (tertiary/aromatic N) is 1. The first-order valence-electron chi connectivity index (χ1n) is 6.90. The third kappa shape index (κ3) is 6.23. The maximum Gasteiger partial charge on any atom is 0.262 e. The van der Waals surface area contributed by atoms with E-state index < -0.39 is 0 Å². The minimum absolute atomic E-state index is 0.0944. The van der Waals surface area contributed by atoms with Crippen molar-refractivity contribution in [3.63, 3.8) is 0 Å². The number of hydrazone groups is 1. The van der Waals surface area contributed by atoms with Crippen LogP contribution in [0.4, 0.5) is 5.69 Å². The van der Waals surface area contributed by atoms with E-state index in [1.54, 1.807) is 54.7 Å². The summed E-state index contributed by atoms with van der Waals surface area (Å²) in [7, 11) is 0. The molecule has 0 heterocycles. The van der Waals surface area contributed by atoms with Crippen LogP contribution in [0, 0.1) is 0 Å². The lowest BCUT2D eigenvalue weighted by molar-refractivity contribution is -0.118. The van der Waals surface area contributed by atoms with Gasteiger partial charge in [-0.1, -0.05) is 17.7 Å². The molecule has 0 aliphatic heterocycles. The number of carbonyl (C=O) groups is 1. The van der Waals surface area contributed by atoms with Gasteiger partial charge in [0.2, 0.25) is 0 Å². The predicted molar refractivity (Wildman–Crippen MR) is 99.5 cm³/mol. The van der Waals surface area contributed by atoms with Crippen LogP contribution in [0.15, 0.2) is 53.6 Å². The number of hydrogen-bond donors (Lipinski definition) is 3. The Hall–Kier alpha value is -2.64. The van der Waals surface area contributed by atoms with Crippen LogP contribution in [0.1, 0.15) is 5.56 Å². The zero-order chi connectivity index (χ0) is 17.4. The quantitative estimate of drug-likeness (QED) is 0.417. The summed E-state index contributed by atoms with van der Waals surface area (Å²) in [5.41, 5.74) is 9.16. The highest BCUT2D eigenvalue weighted by atomic mass is 35.5. The lowest BCUT2D eigenvalue weighted by Gasteiger charge is -2.08. The molecule has 0 saturated heterocycles. The molecule has 2 aromatic rings.